The van der Waals surface area contributed by atoms with Crippen molar-refractivity contribution < 1.29 is 9.63 Å². The molecule has 5 nitrogen and oxygen atoms in total. The molecule has 1 aliphatic rings. The highest BCUT2D eigenvalue weighted by Crippen LogP contribution is 2.18. The molecule has 1 amide bonds. The predicted molar refractivity (Wildman–Crippen MR) is 82.3 cm³/mol. The zero-order valence-corrected chi connectivity index (χ0v) is 11.7. The van der Waals surface area contributed by atoms with Crippen LogP contribution in [0.3, 0.4) is 0 Å². The molecule has 0 aliphatic carbocycles. The van der Waals surface area contributed by atoms with Crippen molar-refractivity contribution in [3.05, 3.63) is 65.7 Å². The van der Waals surface area contributed by atoms with Gasteiger partial charge in [-0.2, -0.15) is 5.26 Å². The first-order valence-electron chi connectivity index (χ1n) is 6.85. The first kappa shape index (κ1) is 13.8. The number of nitrogens with one attached hydrogen (secondary N) is 1. The smallest absolute Gasteiger partial charge is 0.268 e. The van der Waals surface area contributed by atoms with Crippen molar-refractivity contribution in [2.75, 3.05) is 5.32 Å². The molecule has 0 unspecified atom stereocenters. The van der Waals surface area contributed by atoms with Gasteiger partial charge in [-0.25, -0.2) is 0 Å². The van der Waals surface area contributed by atoms with E-state index < -0.39 is 6.10 Å². The lowest BCUT2D eigenvalue weighted by Crippen LogP contribution is -2.28. The van der Waals surface area contributed by atoms with Crippen molar-refractivity contribution in [2.24, 2.45) is 5.16 Å². The van der Waals surface area contributed by atoms with Crippen molar-refractivity contribution in [2.45, 2.75) is 12.5 Å². The summed E-state index contributed by atoms with van der Waals surface area (Å²) in [5.74, 6) is -0.251. The maximum Gasteiger partial charge on any atom is 0.268 e. The lowest BCUT2D eigenvalue weighted by molar-refractivity contribution is -0.125. The summed E-state index contributed by atoms with van der Waals surface area (Å²) in [6, 6.07) is 18.3. The number of rotatable bonds is 3. The van der Waals surface area contributed by atoms with Gasteiger partial charge in [0.05, 0.1) is 17.3 Å². The fourth-order valence-corrected chi connectivity index (χ4v) is 2.17. The summed E-state index contributed by atoms with van der Waals surface area (Å²) in [5, 5.41) is 15.5. The molecule has 2 aromatic carbocycles. The van der Waals surface area contributed by atoms with E-state index in [0.29, 0.717) is 17.7 Å². The predicted octanol–water partition coefficient (Wildman–Crippen LogP) is 2.69. The molecule has 0 bridgehead atoms. The highest BCUT2D eigenvalue weighted by molar-refractivity contribution is 6.06. The molecule has 0 fully saturated rings. The molecule has 108 valence electrons. The van der Waals surface area contributed by atoms with Gasteiger partial charge in [-0.1, -0.05) is 35.5 Å². The molecule has 0 saturated heterocycles. The standard InChI is InChI=1S/C17H13N3O2/c18-11-12-6-8-14(9-7-12)19-17(21)16-10-15(20-22-16)13-4-2-1-3-5-13/h1-9,16H,10H2,(H,19,21)/t16-/m0/s1. The van der Waals surface area contributed by atoms with Crippen LogP contribution in [0, 0.1) is 11.3 Å². The molecule has 2 aromatic rings. The lowest BCUT2D eigenvalue weighted by Gasteiger charge is -2.09. The minimum atomic E-state index is -0.633. The Labute approximate surface area is 127 Å². The van der Waals surface area contributed by atoms with Crippen molar-refractivity contribution in [1.29, 1.82) is 5.26 Å². The van der Waals surface area contributed by atoms with Crippen LogP contribution < -0.4 is 5.32 Å². The number of oxime groups is 1. The minimum Gasteiger partial charge on any atom is -0.382 e. The number of anilines is 1. The van der Waals surface area contributed by atoms with Crippen LogP contribution in [0.25, 0.3) is 0 Å². The van der Waals surface area contributed by atoms with E-state index in [9.17, 15) is 4.79 Å². The maximum atomic E-state index is 12.2. The van der Waals surface area contributed by atoms with Gasteiger partial charge in [-0.3, -0.25) is 4.79 Å². The van der Waals surface area contributed by atoms with E-state index in [2.05, 4.69) is 10.5 Å². The average Bonchev–Trinajstić information content (AvgIpc) is 3.06. The number of nitriles is 1. The fourth-order valence-electron chi connectivity index (χ4n) is 2.17. The molecule has 0 spiro atoms. The quantitative estimate of drug-likeness (QED) is 0.944. The molecule has 3 rings (SSSR count). The molecule has 5 heteroatoms. The SMILES string of the molecule is N#Cc1ccc(NC(=O)[C@@H]2CC(c3ccccc3)=NO2)cc1. The van der Waals surface area contributed by atoms with Crippen LogP contribution >= 0.6 is 0 Å². The van der Waals surface area contributed by atoms with Gasteiger partial charge < -0.3 is 10.2 Å². The topological polar surface area (TPSA) is 74.5 Å². The molecule has 0 radical (unpaired) electrons. The zero-order chi connectivity index (χ0) is 15.4. The molecular weight excluding hydrogens is 278 g/mol. The van der Waals surface area contributed by atoms with Crippen LogP contribution in [0.2, 0.25) is 0 Å². The molecule has 1 aliphatic heterocycles. The number of hydrogen-bond acceptors (Lipinski definition) is 4. The second kappa shape index (κ2) is 6.10. The van der Waals surface area contributed by atoms with Gasteiger partial charge in [0, 0.05) is 12.1 Å². The van der Waals surface area contributed by atoms with E-state index in [0.717, 1.165) is 11.3 Å². The fraction of sp³-hybridized carbons (Fsp3) is 0.118. The summed E-state index contributed by atoms with van der Waals surface area (Å²) in [5.41, 5.74) is 2.89. The van der Waals surface area contributed by atoms with E-state index in [-0.39, 0.29) is 5.91 Å². The summed E-state index contributed by atoms with van der Waals surface area (Å²) in [6.45, 7) is 0. The zero-order valence-electron chi connectivity index (χ0n) is 11.7. The minimum absolute atomic E-state index is 0.251. The molecule has 1 heterocycles. The summed E-state index contributed by atoms with van der Waals surface area (Å²) in [6.07, 6.45) is -0.197. The van der Waals surface area contributed by atoms with E-state index in [1.165, 1.54) is 0 Å². The van der Waals surface area contributed by atoms with E-state index in [1.54, 1.807) is 24.3 Å². The number of amides is 1. The van der Waals surface area contributed by atoms with E-state index in [4.69, 9.17) is 10.1 Å². The van der Waals surface area contributed by atoms with Crippen LogP contribution in [0.1, 0.15) is 17.5 Å². The van der Waals surface area contributed by atoms with Crippen LogP contribution in [0.15, 0.2) is 59.8 Å². The lowest BCUT2D eigenvalue weighted by atomic mass is 10.0. The van der Waals surface area contributed by atoms with Gasteiger partial charge in [0.2, 0.25) is 6.10 Å². The molecule has 1 atom stereocenters. The second-order valence-corrected chi connectivity index (χ2v) is 4.88. The Morgan fingerprint density at radius 3 is 2.59 bits per heavy atom. The van der Waals surface area contributed by atoms with Gasteiger partial charge in [-0.05, 0) is 29.8 Å². The number of nitrogens with zero attached hydrogens (tertiary/aromatic N) is 2. The Bertz CT molecular complexity index is 746. The largest absolute Gasteiger partial charge is 0.382 e. The van der Waals surface area contributed by atoms with Gasteiger partial charge >= 0.3 is 0 Å². The normalized spacial score (nSPS) is 16.3. The first-order valence-corrected chi connectivity index (χ1v) is 6.85. The van der Waals surface area contributed by atoms with Crippen LogP contribution in [-0.2, 0) is 9.63 Å². The van der Waals surface area contributed by atoms with Crippen molar-refractivity contribution in [3.63, 3.8) is 0 Å². The Hall–Kier alpha value is -3.13. The molecule has 22 heavy (non-hydrogen) atoms. The molecule has 0 aromatic heterocycles. The van der Waals surface area contributed by atoms with Crippen LogP contribution in [0.5, 0.6) is 0 Å². The van der Waals surface area contributed by atoms with Crippen LogP contribution in [-0.4, -0.2) is 17.7 Å². The summed E-state index contributed by atoms with van der Waals surface area (Å²) >= 11 is 0. The molecular formula is C17H13N3O2. The summed E-state index contributed by atoms with van der Waals surface area (Å²) in [4.78, 5) is 17.4. The van der Waals surface area contributed by atoms with E-state index >= 15 is 0 Å². The first-order chi connectivity index (χ1) is 10.8. The van der Waals surface area contributed by atoms with Crippen molar-refractivity contribution >= 4 is 17.3 Å². The van der Waals surface area contributed by atoms with Gasteiger partial charge in [-0.15, -0.1) is 0 Å². The Morgan fingerprint density at radius 2 is 1.91 bits per heavy atom. The number of carbonyl (C=O) groups excluding carboxylic acids is 1. The number of hydrogen-bond donors (Lipinski definition) is 1. The third-order valence-corrected chi connectivity index (χ3v) is 3.35. The van der Waals surface area contributed by atoms with Crippen LogP contribution in [0.4, 0.5) is 5.69 Å². The second-order valence-electron chi connectivity index (χ2n) is 4.88. The van der Waals surface area contributed by atoms with Gasteiger partial charge in [0.15, 0.2) is 0 Å². The monoisotopic (exact) mass is 291 g/mol. The summed E-state index contributed by atoms with van der Waals surface area (Å²) < 4.78 is 0. The number of benzene rings is 2. The third kappa shape index (κ3) is 2.96. The van der Waals surface area contributed by atoms with Crippen molar-refractivity contribution in [3.8, 4) is 6.07 Å². The maximum absolute atomic E-state index is 12.2. The van der Waals surface area contributed by atoms with Gasteiger partial charge in [0.1, 0.15) is 0 Å². The average molecular weight is 291 g/mol. The Morgan fingerprint density at radius 1 is 1.18 bits per heavy atom. The van der Waals surface area contributed by atoms with E-state index in [1.807, 2.05) is 36.4 Å². The Kier molecular flexibility index (Phi) is 3.84. The third-order valence-electron chi connectivity index (χ3n) is 3.35. The van der Waals surface area contributed by atoms with Gasteiger partial charge in [0.25, 0.3) is 5.91 Å². The summed E-state index contributed by atoms with van der Waals surface area (Å²) in [7, 11) is 0. The number of carbonyl (C=O) groups is 1. The highest BCUT2D eigenvalue weighted by atomic mass is 16.6. The molecule has 0 saturated carbocycles. The molecule has 1 N–H and O–H groups in total. The Balaban J connectivity index is 1.62. The van der Waals surface area contributed by atoms with Crippen molar-refractivity contribution in [1.82, 2.24) is 0 Å². The highest BCUT2D eigenvalue weighted by Gasteiger charge is 2.28.